The minimum absolute atomic E-state index is 0.00876. The molecule has 0 N–H and O–H groups in total. The van der Waals surface area contributed by atoms with Crippen LogP contribution in [-0.2, 0) is 11.2 Å². The average Bonchev–Trinajstić information content (AvgIpc) is 2.70. The predicted octanol–water partition coefficient (Wildman–Crippen LogP) is 2.70. The molecule has 0 spiro atoms. The Morgan fingerprint density at radius 1 is 0.963 bits per heavy atom. The Labute approximate surface area is 158 Å². The number of anilines is 2. The van der Waals surface area contributed by atoms with Gasteiger partial charge >= 0.3 is 0 Å². The molecule has 2 aliphatic heterocycles. The Balaban J connectivity index is 1.46. The maximum absolute atomic E-state index is 14.0. The number of aryl methyl sites for hydroxylation is 1. The summed E-state index contributed by atoms with van der Waals surface area (Å²) in [7, 11) is 1.77. The van der Waals surface area contributed by atoms with Crippen LogP contribution in [0.5, 0.6) is 0 Å². The zero-order chi connectivity index (χ0) is 19.0. The molecule has 1 saturated heterocycles. The molecule has 0 radical (unpaired) electrons. The SMILES string of the molecule is CN1C(=O)CCc2cc(C(=O)N3CCN(c4ccccc4F)CC3)ccc21. The summed E-state index contributed by atoms with van der Waals surface area (Å²) in [5, 5.41) is 0. The summed E-state index contributed by atoms with van der Waals surface area (Å²) < 4.78 is 14.0. The second-order valence-corrected chi connectivity index (χ2v) is 7.03. The molecule has 4 rings (SSSR count). The van der Waals surface area contributed by atoms with Gasteiger partial charge in [0.1, 0.15) is 5.82 Å². The molecule has 0 saturated carbocycles. The van der Waals surface area contributed by atoms with E-state index in [2.05, 4.69) is 0 Å². The largest absolute Gasteiger partial charge is 0.366 e. The van der Waals surface area contributed by atoms with Gasteiger partial charge in [-0.15, -0.1) is 0 Å². The lowest BCUT2D eigenvalue weighted by molar-refractivity contribution is -0.118. The van der Waals surface area contributed by atoms with Crippen molar-refractivity contribution in [2.45, 2.75) is 12.8 Å². The first kappa shape index (κ1) is 17.5. The van der Waals surface area contributed by atoms with Gasteiger partial charge in [0.05, 0.1) is 5.69 Å². The van der Waals surface area contributed by atoms with Crippen LogP contribution < -0.4 is 9.80 Å². The van der Waals surface area contributed by atoms with Crippen molar-refractivity contribution in [3.8, 4) is 0 Å². The molecule has 2 amide bonds. The van der Waals surface area contributed by atoms with Gasteiger partial charge in [-0.3, -0.25) is 9.59 Å². The quantitative estimate of drug-likeness (QED) is 0.820. The van der Waals surface area contributed by atoms with Crippen LogP contribution in [-0.4, -0.2) is 49.9 Å². The van der Waals surface area contributed by atoms with Crippen molar-refractivity contribution in [2.75, 3.05) is 43.0 Å². The highest BCUT2D eigenvalue weighted by atomic mass is 19.1. The van der Waals surface area contributed by atoms with Crippen molar-refractivity contribution >= 4 is 23.2 Å². The van der Waals surface area contributed by atoms with E-state index in [9.17, 15) is 14.0 Å². The van der Waals surface area contributed by atoms with Crippen molar-refractivity contribution in [3.63, 3.8) is 0 Å². The maximum atomic E-state index is 14.0. The number of carbonyl (C=O) groups excluding carboxylic acids is 2. The van der Waals surface area contributed by atoms with Crippen LogP contribution >= 0.6 is 0 Å². The summed E-state index contributed by atoms with van der Waals surface area (Å²) in [4.78, 5) is 30.2. The molecule has 6 heteroatoms. The Morgan fingerprint density at radius 2 is 1.70 bits per heavy atom. The normalized spacial score (nSPS) is 17.1. The second kappa shape index (κ2) is 7.02. The van der Waals surface area contributed by atoms with E-state index >= 15 is 0 Å². The van der Waals surface area contributed by atoms with Crippen molar-refractivity contribution in [3.05, 3.63) is 59.4 Å². The molecule has 0 unspecified atom stereocenters. The average molecular weight is 367 g/mol. The number of halogens is 1. The first-order chi connectivity index (χ1) is 13.0. The van der Waals surface area contributed by atoms with Gasteiger partial charge in [0.25, 0.3) is 5.91 Å². The molecule has 2 aliphatic rings. The van der Waals surface area contributed by atoms with Crippen molar-refractivity contribution < 1.29 is 14.0 Å². The number of carbonyl (C=O) groups is 2. The first-order valence-corrected chi connectivity index (χ1v) is 9.23. The Hall–Kier alpha value is -2.89. The highest BCUT2D eigenvalue weighted by molar-refractivity contribution is 5.99. The van der Waals surface area contributed by atoms with Crippen molar-refractivity contribution in [2.24, 2.45) is 0 Å². The molecule has 27 heavy (non-hydrogen) atoms. The number of rotatable bonds is 2. The van der Waals surface area contributed by atoms with E-state index in [1.54, 1.807) is 30.1 Å². The molecule has 0 atom stereocenters. The number of hydrogen-bond donors (Lipinski definition) is 0. The Kier molecular flexibility index (Phi) is 4.56. The third kappa shape index (κ3) is 3.27. The van der Waals surface area contributed by atoms with Gasteiger partial charge in [0.2, 0.25) is 5.91 Å². The highest BCUT2D eigenvalue weighted by Crippen LogP contribution is 2.28. The summed E-state index contributed by atoms with van der Waals surface area (Å²) in [6, 6.07) is 12.3. The fraction of sp³-hybridized carbons (Fsp3) is 0.333. The van der Waals surface area contributed by atoms with E-state index in [0.717, 1.165) is 11.3 Å². The minimum Gasteiger partial charge on any atom is -0.366 e. The summed E-state index contributed by atoms with van der Waals surface area (Å²) >= 11 is 0. The molecule has 1 fully saturated rings. The summed E-state index contributed by atoms with van der Waals surface area (Å²) in [6.07, 6.45) is 1.14. The predicted molar refractivity (Wildman–Crippen MR) is 103 cm³/mol. The fourth-order valence-electron chi connectivity index (χ4n) is 3.83. The van der Waals surface area contributed by atoms with E-state index < -0.39 is 0 Å². The molecule has 140 valence electrons. The van der Waals surface area contributed by atoms with Gasteiger partial charge in [-0.2, -0.15) is 0 Å². The van der Waals surface area contributed by atoms with Gasteiger partial charge < -0.3 is 14.7 Å². The van der Waals surface area contributed by atoms with Gasteiger partial charge in [0.15, 0.2) is 0 Å². The fourth-order valence-corrected chi connectivity index (χ4v) is 3.83. The van der Waals surface area contributed by atoms with E-state index in [0.29, 0.717) is 50.3 Å². The molecular weight excluding hydrogens is 345 g/mol. The van der Waals surface area contributed by atoms with Gasteiger partial charge in [0, 0.05) is 50.9 Å². The zero-order valence-electron chi connectivity index (χ0n) is 15.3. The van der Waals surface area contributed by atoms with Crippen LogP contribution in [0.4, 0.5) is 15.8 Å². The minimum atomic E-state index is -0.231. The number of para-hydroxylation sites is 1. The number of amides is 2. The molecule has 0 aliphatic carbocycles. The number of fused-ring (bicyclic) bond motifs is 1. The van der Waals surface area contributed by atoms with Gasteiger partial charge in [-0.25, -0.2) is 4.39 Å². The van der Waals surface area contributed by atoms with Crippen LogP contribution in [0.3, 0.4) is 0 Å². The van der Waals surface area contributed by atoms with Gasteiger partial charge in [-0.1, -0.05) is 12.1 Å². The molecule has 0 bridgehead atoms. The third-order valence-corrected chi connectivity index (χ3v) is 5.43. The third-order valence-electron chi connectivity index (χ3n) is 5.43. The molecule has 2 heterocycles. The Morgan fingerprint density at radius 3 is 2.44 bits per heavy atom. The topological polar surface area (TPSA) is 43.9 Å². The van der Waals surface area contributed by atoms with E-state index in [4.69, 9.17) is 0 Å². The molecule has 2 aromatic rings. The lowest BCUT2D eigenvalue weighted by Gasteiger charge is -2.36. The van der Waals surface area contributed by atoms with Crippen molar-refractivity contribution in [1.82, 2.24) is 4.90 Å². The molecular formula is C21H22FN3O2. The standard InChI is InChI=1S/C21H22FN3O2/c1-23-18-8-6-16(14-15(18)7-9-20(23)26)21(27)25-12-10-24(11-13-25)19-5-3-2-4-17(19)22/h2-6,8,14H,7,9-13H2,1H3. The second-order valence-electron chi connectivity index (χ2n) is 7.03. The van der Waals surface area contributed by atoms with Crippen LogP contribution in [0.25, 0.3) is 0 Å². The number of hydrogen-bond acceptors (Lipinski definition) is 3. The van der Waals surface area contributed by atoms with Crippen LogP contribution in [0.2, 0.25) is 0 Å². The monoisotopic (exact) mass is 367 g/mol. The van der Waals surface area contributed by atoms with Crippen LogP contribution in [0.15, 0.2) is 42.5 Å². The zero-order valence-corrected chi connectivity index (χ0v) is 15.3. The van der Waals surface area contributed by atoms with Crippen LogP contribution in [0.1, 0.15) is 22.3 Å². The first-order valence-electron chi connectivity index (χ1n) is 9.23. The lowest BCUT2D eigenvalue weighted by Crippen LogP contribution is -2.49. The summed E-state index contributed by atoms with van der Waals surface area (Å²) in [6.45, 7) is 2.33. The number of benzene rings is 2. The highest BCUT2D eigenvalue weighted by Gasteiger charge is 2.26. The van der Waals surface area contributed by atoms with Crippen LogP contribution in [0, 0.1) is 5.82 Å². The lowest BCUT2D eigenvalue weighted by atomic mass is 9.98. The Bertz CT molecular complexity index is 891. The van der Waals surface area contributed by atoms with E-state index in [1.807, 2.05) is 28.0 Å². The number of piperazine rings is 1. The molecule has 0 aromatic heterocycles. The summed E-state index contributed by atoms with van der Waals surface area (Å²) in [5.41, 5.74) is 3.15. The molecule has 2 aromatic carbocycles. The van der Waals surface area contributed by atoms with Crippen molar-refractivity contribution in [1.29, 1.82) is 0 Å². The number of nitrogens with zero attached hydrogens (tertiary/aromatic N) is 3. The molecule has 5 nitrogen and oxygen atoms in total. The van der Waals surface area contributed by atoms with Gasteiger partial charge in [-0.05, 0) is 42.3 Å². The summed E-state index contributed by atoms with van der Waals surface area (Å²) in [5.74, 6) is -0.137. The van der Waals surface area contributed by atoms with E-state index in [1.165, 1.54) is 6.07 Å². The maximum Gasteiger partial charge on any atom is 0.253 e. The smallest absolute Gasteiger partial charge is 0.253 e. The van der Waals surface area contributed by atoms with E-state index in [-0.39, 0.29) is 17.6 Å².